The molecule has 3 aliphatic heterocycles. The first-order valence-corrected chi connectivity index (χ1v) is 6.87. The average Bonchev–Trinajstić information content (AvgIpc) is 2.50. The molecule has 4 rings (SSSR count). The van der Waals surface area contributed by atoms with Crippen molar-refractivity contribution in [3.63, 3.8) is 0 Å². The third-order valence-corrected chi connectivity index (χ3v) is 5.75. The van der Waals surface area contributed by atoms with Gasteiger partial charge in [-0.3, -0.25) is 4.90 Å². The predicted octanol–water partition coefficient (Wildman–Crippen LogP) is 2.12. The summed E-state index contributed by atoms with van der Waals surface area (Å²) >= 11 is 0. The molecule has 1 aliphatic carbocycles. The molecule has 3 heterocycles. The van der Waals surface area contributed by atoms with Gasteiger partial charge in [-0.15, -0.1) is 0 Å². The maximum atomic E-state index is 9.33. The molecule has 5 bridgehead atoms. The van der Waals surface area contributed by atoms with E-state index in [1.54, 1.807) is 0 Å². The Bertz CT molecular complexity index is 416. The minimum absolute atomic E-state index is 0.381. The van der Waals surface area contributed by atoms with E-state index < -0.39 is 0 Å². The van der Waals surface area contributed by atoms with Crippen LogP contribution < -0.4 is 0 Å². The van der Waals surface area contributed by atoms with E-state index in [0.717, 1.165) is 41.6 Å². The molecule has 2 unspecified atom stereocenters. The quantitative estimate of drug-likeness (QED) is 0.513. The Morgan fingerprint density at radius 1 is 1.29 bits per heavy atom. The van der Waals surface area contributed by atoms with Crippen LogP contribution in [0.4, 0.5) is 0 Å². The summed E-state index contributed by atoms with van der Waals surface area (Å²) in [6, 6.07) is 1.14. The van der Waals surface area contributed by atoms with Crippen LogP contribution in [0.2, 0.25) is 0 Å². The molecule has 0 aromatic rings. The molecule has 0 aromatic heterocycles. The van der Waals surface area contributed by atoms with Crippen molar-refractivity contribution in [2.24, 2.45) is 28.8 Å². The summed E-state index contributed by atoms with van der Waals surface area (Å²) in [5.74, 6) is 2.94. The molecule has 0 aromatic carbocycles. The standard InChI is InChI=1S/C14H20N2O/c1-7-3-11-10-5-9-6-16(12(10)4-7)14(11)13(15-17)8(9)2/h7,9-12,14,17H,2-6H2,1H3/b15-13-/t7-,9-,10-,11-,12+,14?/m1/s1. The van der Waals surface area contributed by atoms with Gasteiger partial charge in [0, 0.05) is 12.6 Å². The highest BCUT2D eigenvalue weighted by molar-refractivity contribution is 6.05. The summed E-state index contributed by atoms with van der Waals surface area (Å²) in [6.07, 6.45) is 3.93. The van der Waals surface area contributed by atoms with E-state index in [0.29, 0.717) is 12.0 Å². The van der Waals surface area contributed by atoms with Gasteiger partial charge in [-0.05, 0) is 48.5 Å². The molecule has 0 spiro atoms. The van der Waals surface area contributed by atoms with Crippen molar-refractivity contribution in [3.8, 4) is 0 Å². The van der Waals surface area contributed by atoms with Gasteiger partial charge in [0.25, 0.3) is 0 Å². The Kier molecular flexibility index (Phi) is 1.87. The van der Waals surface area contributed by atoms with Gasteiger partial charge in [-0.25, -0.2) is 0 Å². The third kappa shape index (κ3) is 1.09. The van der Waals surface area contributed by atoms with Gasteiger partial charge in [0.1, 0.15) is 0 Å². The molecule has 7 atom stereocenters. The molecule has 0 amide bonds. The van der Waals surface area contributed by atoms with E-state index >= 15 is 0 Å². The molecule has 3 nitrogen and oxygen atoms in total. The van der Waals surface area contributed by atoms with Crippen LogP contribution in [0.5, 0.6) is 0 Å². The van der Waals surface area contributed by atoms with Crippen LogP contribution in [-0.2, 0) is 0 Å². The summed E-state index contributed by atoms with van der Waals surface area (Å²) in [7, 11) is 0. The molecule has 4 fully saturated rings. The van der Waals surface area contributed by atoms with Crippen molar-refractivity contribution in [2.75, 3.05) is 6.54 Å². The van der Waals surface area contributed by atoms with Crippen molar-refractivity contribution in [1.82, 2.24) is 4.90 Å². The highest BCUT2D eigenvalue weighted by Crippen LogP contribution is 2.56. The lowest BCUT2D eigenvalue weighted by molar-refractivity contribution is 0.0895. The second kappa shape index (κ2) is 3.14. The number of hydrogen-bond acceptors (Lipinski definition) is 3. The smallest absolute Gasteiger partial charge is 0.0999 e. The Morgan fingerprint density at radius 2 is 2.12 bits per heavy atom. The topological polar surface area (TPSA) is 35.8 Å². The van der Waals surface area contributed by atoms with Gasteiger partial charge in [0.2, 0.25) is 0 Å². The highest BCUT2D eigenvalue weighted by atomic mass is 16.4. The maximum Gasteiger partial charge on any atom is 0.0999 e. The van der Waals surface area contributed by atoms with Crippen molar-refractivity contribution >= 4 is 5.71 Å². The minimum Gasteiger partial charge on any atom is -0.411 e. The van der Waals surface area contributed by atoms with E-state index in [2.05, 4.69) is 23.6 Å². The Morgan fingerprint density at radius 3 is 2.88 bits per heavy atom. The molecule has 17 heavy (non-hydrogen) atoms. The fourth-order valence-electron chi connectivity index (χ4n) is 5.18. The van der Waals surface area contributed by atoms with Gasteiger partial charge in [-0.2, -0.15) is 0 Å². The fraction of sp³-hybridized carbons (Fsp3) is 0.786. The summed E-state index contributed by atoms with van der Waals surface area (Å²) in [6.45, 7) is 7.71. The van der Waals surface area contributed by atoms with Crippen LogP contribution in [0.1, 0.15) is 26.2 Å². The molecular formula is C14H20N2O. The van der Waals surface area contributed by atoms with Crippen LogP contribution in [0, 0.1) is 23.7 Å². The first-order chi connectivity index (χ1) is 8.20. The molecule has 3 heteroatoms. The first-order valence-electron chi connectivity index (χ1n) is 6.87. The summed E-state index contributed by atoms with van der Waals surface area (Å²) in [5, 5.41) is 12.9. The molecular weight excluding hydrogens is 212 g/mol. The maximum absolute atomic E-state index is 9.33. The fourth-order valence-corrected chi connectivity index (χ4v) is 5.18. The molecule has 1 saturated carbocycles. The lowest BCUT2D eigenvalue weighted by Gasteiger charge is -2.45. The Labute approximate surface area is 102 Å². The SMILES string of the molecule is C=C1/C(=N/O)C2[C@@H]3C[C@@H](C)C[C@H]4[C@@H]3C[C@@H]1CN24. The normalized spacial score (nSPS) is 57.8. The van der Waals surface area contributed by atoms with Crippen LogP contribution in [-0.4, -0.2) is 34.4 Å². The average molecular weight is 232 g/mol. The van der Waals surface area contributed by atoms with Gasteiger partial charge in [0.15, 0.2) is 0 Å². The van der Waals surface area contributed by atoms with Crippen molar-refractivity contribution in [3.05, 3.63) is 12.2 Å². The molecule has 3 saturated heterocycles. The van der Waals surface area contributed by atoms with E-state index in [1.165, 1.54) is 19.3 Å². The Balaban J connectivity index is 1.83. The molecule has 92 valence electrons. The number of nitrogens with zero attached hydrogens (tertiary/aromatic N) is 2. The largest absolute Gasteiger partial charge is 0.411 e. The van der Waals surface area contributed by atoms with Crippen LogP contribution in [0.15, 0.2) is 17.3 Å². The van der Waals surface area contributed by atoms with E-state index in [4.69, 9.17) is 0 Å². The molecule has 0 radical (unpaired) electrons. The summed E-state index contributed by atoms with van der Waals surface area (Å²) in [4.78, 5) is 2.64. The van der Waals surface area contributed by atoms with Gasteiger partial charge >= 0.3 is 0 Å². The van der Waals surface area contributed by atoms with Crippen LogP contribution >= 0.6 is 0 Å². The monoisotopic (exact) mass is 232 g/mol. The van der Waals surface area contributed by atoms with Crippen molar-refractivity contribution in [1.29, 1.82) is 0 Å². The first kappa shape index (κ1) is 10.1. The van der Waals surface area contributed by atoms with E-state index in [1.807, 2.05) is 0 Å². The number of fused-ring (bicyclic) bond motifs is 2. The molecule has 1 N–H and O–H groups in total. The zero-order valence-electron chi connectivity index (χ0n) is 10.3. The number of rotatable bonds is 0. The third-order valence-electron chi connectivity index (χ3n) is 5.75. The van der Waals surface area contributed by atoms with Crippen molar-refractivity contribution in [2.45, 2.75) is 38.3 Å². The highest BCUT2D eigenvalue weighted by Gasteiger charge is 2.60. The lowest BCUT2D eigenvalue weighted by Crippen LogP contribution is -2.52. The van der Waals surface area contributed by atoms with Crippen LogP contribution in [0.25, 0.3) is 0 Å². The van der Waals surface area contributed by atoms with Gasteiger partial charge in [-0.1, -0.05) is 18.7 Å². The van der Waals surface area contributed by atoms with Gasteiger partial charge in [0.05, 0.1) is 11.8 Å². The minimum atomic E-state index is 0.381. The zero-order chi connectivity index (χ0) is 11.7. The second-order valence-electron chi connectivity index (χ2n) is 6.56. The number of oxime groups is 1. The van der Waals surface area contributed by atoms with E-state index in [9.17, 15) is 5.21 Å². The van der Waals surface area contributed by atoms with Crippen LogP contribution in [0.3, 0.4) is 0 Å². The Hall–Kier alpha value is -0.830. The lowest BCUT2D eigenvalue weighted by atomic mass is 9.70. The number of piperidine rings is 2. The zero-order valence-corrected chi connectivity index (χ0v) is 10.3. The predicted molar refractivity (Wildman–Crippen MR) is 66.1 cm³/mol. The second-order valence-corrected chi connectivity index (χ2v) is 6.56. The summed E-state index contributed by atoms with van der Waals surface area (Å²) in [5.41, 5.74) is 2.03. The summed E-state index contributed by atoms with van der Waals surface area (Å²) < 4.78 is 0. The van der Waals surface area contributed by atoms with Gasteiger partial charge < -0.3 is 5.21 Å². The van der Waals surface area contributed by atoms with E-state index in [-0.39, 0.29) is 0 Å². The number of hydrogen-bond donors (Lipinski definition) is 1. The van der Waals surface area contributed by atoms with Crippen molar-refractivity contribution < 1.29 is 5.21 Å². The molecule has 4 aliphatic rings.